The molecule has 3 heteroatoms. The highest BCUT2D eigenvalue weighted by Gasteiger charge is 2.34. The summed E-state index contributed by atoms with van der Waals surface area (Å²) in [7, 11) is 1.79. The van der Waals surface area contributed by atoms with Crippen molar-refractivity contribution in [3.63, 3.8) is 0 Å². The standard InChI is InChI=1S/C14H26N2O/c1-13(9-5-3-6-10-13)15-16-14(17-2)11-7-4-8-12-14/h3-12H2,1-2H3/b16-15+. The third-order valence-electron chi connectivity index (χ3n) is 4.42. The van der Waals surface area contributed by atoms with Gasteiger partial charge in [-0.1, -0.05) is 25.7 Å². The van der Waals surface area contributed by atoms with Crippen molar-refractivity contribution in [3.05, 3.63) is 0 Å². The lowest BCUT2D eigenvalue weighted by atomic mass is 9.84. The van der Waals surface area contributed by atoms with E-state index in [1.54, 1.807) is 7.11 Å². The van der Waals surface area contributed by atoms with Crippen LogP contribution in [0.1, 0.15) is 71.1 Å². The van der Waals surface area contributed by atoms with Gasteiger partial charge in [-0.15, -0.1) is 0 Å². The predicted octanol–water partition coefficient (Wildman–Crippen LogP) is 4.47. The van der Waals surface area contributed by atoms with Gasteiger partial charge in [0.2, 0.25) is 0 Å². The van der Waals surface area contributed by atoms with Crippen LogP contribution in [0.4, 0.5) is 0 Å². The summed E-state index contributed by atoms with van der Waals surface area (Å²) in [6.07, 6.45) is 12.2. The molecule has 98 valence electrons. The van der Waals surface area contributed by atoms with Crippen LogP contribution in [0.2, 0.25) is 0 Å². The highest BCUT2D eigenvalue weighted by Crippen LogP contribution is 2.36. The zero-order valence-electron chi connectivity index (χ0n) is 11.4. The maximum Gasteiger partial charge on any atom is 0.178 e. The van der Waals surface area contributed by atoms with E-state index in [0.717, 1.165) is 12.8 Å². The minimum absolute atomic E-state index is 0.0846. The number of hydrogen-bond acceptors (Lipinski definition) is 3. The molecule has 0 amide bonds. The van der Waals surface area contributed by atoms with Crippen LogP contribution < -0.4 is 0 Å². The van der Waals surface area contributed by atoms with E-state index >= 15 is 0 Å². The average Bonchev–Trinajstić information content (AvgIpc) is 2.39. The van der Waals surface area contributed by atoms with Crippen molar-refractivity contribution >= 4 is 0 Å². The van der Waals surface area contributed by atoms with Crippen LogP contribution in [-0.4, -0.2) is 18.4 Å². The molecule has 0 aromatic rings. The first-order chi connectivity index (χ1) is 8.18. The zero-order chi connectivity index (χ0) is 12.2. The number of rotatable bonds is 3. The lowest BCUT2D eigenvalue weighted by Gasteiger charge is -2.34. The van der Waals surface area contributed by atoms with Crippen LogP contribution in [0.5, 0.6) is 0 Å². The summed E-state index contributed by atoms with van der Waals surface area (Å²) < 4.78 is 5.65. The van der Waals surface area contributed by atoms with Crippen LogP contribution in [0.25, 0.3) is 0 Å². The van der Waals surface area contributed by atoms with Gasteiger partial charge >= 0.3 is 0 Å². The van der Waals surface area contributed by atoms with E-state index in [9.17, 15) is 0 Å². The Kier molecular flexibility index (Phi) is 4.18. The van der Waals surface area contributed by atoms with Crippen LogP contribution in [-0.2, 0) is 4.74 Å². The van der Waals surface area contributed by atoms with Crippen molar-refractivity contribution in [1.82, 2.24) is 0 Å². The number of methoxy groups -OCH3 is 1. The van der Waals surface area contributed by atoms with Gasteiger partial charge < -0.3 is 4.74 Å². The molecule has 0 radical (unpaired) electrons. The Balaban J connectivity index is 2.01. The molecule has 0 saturated heterocycles. The number of azo groups is 1. The van der Waals surface area contributed by atoms with Gasteiger partial charge in [0.15, 0.2) is 5.72 Å². The summed E-state index contributed by atoms with van der Waals surface area (Å²) in [5, 5.41) is 9.31. The molecule has 17 heavy (non-hydrogen) atoms. The monoisotopic (exact) mass is 238 g/mol. The third kappa shape index (κ3) is 3.27. The molecule has 0 N–H and O–H groups in total. The Labute approximate surface area is 105 Å². The van der Waals surface area contributed by atoms with Gasteiger partial charge in [0.1, 0.15) is 0 Å². The molecule has 2 aliphatic rings. The first-order valence-corrected chi connectivity index (χ1v) is 7.17. The molecule has 0 aliphatic heterocycles. The van der Waals surface area contributed by atoms with Crippen molar-refractivity contribution < 1.29 is 4.74 Å². The molecule has 3 nitrogen and oxygen atoms in total. The quantitative estimate of drug-likeness (QED) is 0.668. The Bertz CT molecular complexity index is 263. The molecule has 2 saturated carbocycles. The summed E-state index contributed by atoms with van der Waals surface area (Å²) in [5.74, 6) is 0. The van der Waals surface area contributed by atoms with Crippen LogP contribution >= 0.6 is 0 Å². The summed E-state index contributed by atoms with van der Waals surface area (Å²) in [6.45, 7) is 2.25. The van der Waals surface area contributed by atoms with Crippen molar-refractivity contribution in [2.24, 2.45) is 10.2 Å². The highest BCUT2D eigenvalue weighted by atomic mass is 16.5. The molecule has 0 spiro atoms. The lowest BCUT2D eigenvalue weighted by Crippen LogP contribution is -2.33. The second-order valence-electron chi connectivity index (χ2n) is 5.97. The first-order valence-electron chi connectivity index (χ1n) is 7.17. The lowest BCUT2D eigenvalue weighted by molar-refractivity contribution is -0.0401. The maximum absolute atomic E-state index is 5.65. The second kappa shape index (κ2) is 5.47. The normalized spacial score (nSPS) is 28.4. The summed E-state index contributed by atoms with van der Waals surface area (Å²) in [5.41, 5.74) is -0.208. The molecule has 2 aliphatic carbocycles. The fourth-order valence-corrected chi connectivity index (χ4v) is 3.07. The molecular weight excluding hydrogens is 212 g/mol. The van der Waals surface area contributed by atoms with E-state index in [1.165, 1.54) is 51.4 Å². The van der Waals surface area contributed by atoms with Crippen molar-refractivity contribution in [1.29, 1.82) is 0 Å². The third-order valence-corrected chi connectivity index (χ3v) is 4.42. The van der Waals surface area contributed by atoms with E-state index in [4.69, 9.17) is 4.74 Å². The van der Waals surface area contributed by atoms with Gasteiger partial charge in [-0.05, 0) is 45.4 Å². The Morgan fingerprint density at radius 1 is 0.765 bits per heavy atom. The molecule has 2 fully saturated rings. The summed E-state index contributed by atoms with van der Waals surface area (Å²) in [4.78, 5) is 0. The molecule has 0 aromatic carbocycles. The van der Waals surface area contributed by atoms with E-state index in [1.807, 2.05) is 0 Å². The van der Waals surface area contributed by atoms with Crippen LogP contribution in [0.3, 0.4) is 0 Å². The van der Waals surface area contributed by atoms with Crippen LogP contribution in [0, 0.1) is 0 Å². The van der Waals surface area contributed by atoms with Gasteiger partial charge in [-0.2, -0.15) is 10.2 Å². The van der Waals surface area contributed by atoms with Gasteiger partial charge in [-0.3, -0.25) is 0 Å². The second-order valence-corrected chi connectivity index (χ2v) is 5.97. The largest absolute Gasteiger partial charge is 0.355 e. The molecule has 0 atom stereocenters. The van der Waals surface area contributed by atoms with Crippen molar-refractivity contribution in [2.45, 2.75) is 82.4 Å². The van der Waals surface area contributed by atoms with Gasteiger partial charge in [-0.25, -0.2) is 0 Å². The molecule has 0 unspecified atom stereocenters. The SMILES string of the molecule is COC1(/N=N/C2(C)CCCCC2)CCCCC1. The van der Waals surface area contributed by atoms with E-state index in [0.29, 0.717) is 0 Å². The molecule has 0 aromatic heterocycles. The topological polar surface area (TPSA) is 34.0 Å². The minimum atomic E-state index is -0.293. The smallest absolute Gasteiger partial charge is 0.178 e. The Hall–Kier alpha value is -0.440. The predicted molar refractivity (Wildman–Crippen MR) is 69.2 cm³/mol. The first kappa shape index (κ1) is 13.0. The molecule has 2 rings (SSSR count). The van der Waals surface area contributed by atoms with Gasteiger partial charge in [0, 0.05) is 7.11 Å². The van der Waals surface area contributed by atoms with Crippen molar-refractivity contribution in [2.75, 3.05) is 7.11 Å². The van der Waals surface area contributed by atoms with Crippen molar-refractivity contribution in [3.8, 4) is 0 Å². The molecule has 0 bridgehead atoms. The number of ether oxygens (including phenoxy) is 1. The Morgan fingerprint density at radius 2 is 1.29 bits per heavy atom. The van der Waals surface area contributed by atoms with E-state index in [-0.39, 0.29) is 11.3 Å². The van der Waals surface area contributed by atoms with Gasteiger partial charge in [0.05, 0.1) is 5.54 Å². The number of hydrogen-bond donors (Lipinski definition) is 0. The fourth-order valence-electron chi connectivity index (χ4n) is 3.07. The highest BCUT2D eigenvalue weighted by molar-refractivity contribution is 4.87. The van der Waals surface area contributed by atoms with E-state index < -0.39 is 0 Å². The maximum atomic E-state index is 5.65. The zero-order valence-corrected chi connectivity index (χ0v) is 11.4. The fraction of sp³-hybridized carbons (Fsp3) is 1.00. The summed E-state index contributed by atoms with van der Waals surface area (Å²) in [6, 6.07) is 0. The van der Waals surface area contributed by atoms with E-state index in [2.05, 4.69) is 17.2 Å². The number of nitrogens with zero attached hydrogens (tertiary/aromatic N) is 2. The summed E-state index contributed by atoms with van der Waals surface area (Å²) >= 11 is 0. The van der Waals surface area contributed by atoms with Gasteiger partial charge in [0.25, 0.3) is 0 Å². The molecule has 0 heterocycles. The molecular formula is C14H26N2O. The van der Waals surface area contributed by atoms with Crippen LogP contribution in [0.15, 0.2) is 10.2 Å². The Morgan fingerprint density at radius 3 is 1.82 bits per heavy atom. The average molecular weight is 238 g/mol. The minimum Gasteiger partial charge on any atom is -0.355 e.